The Labute approximate surface area is 133 Å². The summed E-state index contributed by atoms with van der Waals surface area (Å²) in [4.78, 5) is 16.1. The van der Waals surface area contributed by atoms with Gasteiger partial charge in [0.25, 0.3) is 0 Å². The van der Waals surface area contributed by atoms with E-state index in [2.05, 4.69) is 11.2 Å². The first-order chi connectivity index (χ1) is 10.6. The summed E-state index contributed by atoms with van der Waals surface area (Å²) in [6.45, 7) is 2.19. The molecule has 0 saturated carbocycles. The molecule has 2 aliphatic rings. The van der Waals surface area contributed by atoms with Crippen LogP contribution in [0.3, 0.4) is 0 Å². The summed E-state index contributed by atoms with van der Waals surface area (Å²) < 4.78 is 27.8. The number of hydrogen-bond acceptors (Lipinski definition) is 3. The Kier molecular flexibility index (Phi) is 4.68. The third-order valence-corrected chi connectivity index (χ3v) is 5.35. The number of nitrogens with zero attached hydrogens (tertiary/aromatic N) is 2. The summed E-state index contributed by atoms with van der Waals surface area (Å²) in [5.74, 6) is 0.200. The van der Waals surface area contributed by atoms with E-state index < -0.39 is 11.6 Å². The number of halogens is 2. The van der Waals surface area contributed by atoms with Gasteiger partial charge in [0.1, 0.15) is 17.3 Å². The van der Waals surface area contributed by atoms with Crippen LogP contribution >= 0.6 is 11.8 Å². The van der Waals surface area contributed by atoms with Crippen LogP contribution in [0.5, 0.6) is 0 Å². The third-order valence-electron chi connectivity index (χ3n) is 4.55. The van der Waals surface area contributed by atoms with Crippen molar-refractivity contribution in [2.75, 3.05) is 36.5 Å². The van der Waals surface area contributed by atoms with Gasteiger partial charge in [-0.3, -0.25) is 9.69 Å². The molecule has 0 aromatic heterocycles. The fraction of sp³-hybridized carbons (Fsp3) is 0.562. The average molecular weight is 326 g/mol. The molecule has 0 spiro atoms. The molecule has 0 aliphatic carbocycles. The number of para-hydroxylation sites is 1. The molecule has 2 fully saturated rings. The Hall–Kier alpha value is -1.14. The van der Waals surface area contributed by atoms with Crippen molar-refractivity contribution in [2.45, 2.75) is 18.9 Å². The smallest absolute Gasteiger partial charge is 0.244 e. The molecular weight excluding hydrogens is 306 g/mol. The van der Waals surface area contributed by atoms with Crippen molar-refractivity contribution >= 4 is 23.4 Å². The van der Waals surface area contributed by atoms with Crippen molar-refractivity contribution in [1.82, 2.24) is 4.90 Å². The maximum atomic E-state index is 13.9. The molecule has 1 aromatic rings. The lowest BCUT2D eigenvalue weighted by atomic mass is 10.1. The van der Waals surface area contributed by atoms with Crippen LogP contribution in [0.4, 0.5) is 14.5 Å². The molecule has 22 heavy (non-hydrogen) atoms. The molecule has 0 N–H and O–H groups in total. The second-order valence-corrected chi connectivity index (χ2v) is 6.88. The molecule has 6 heteroatoms. The number of amides is 1. The van der Waals surface area contributed by atoms with Crippen molar-refractivity contribution in [1.29, 1.82) is 0 Å². The Morgan fingerprint density at radius 3 is 2.64 bits per heavy atom. The lowest BCUT2D eigenvalue weighted by Crippen LogP contribution is -2.41. The Morgan fingerprint density at radius 2 is 1.95 bits per heavy atom. The molecule has 3 nitrogen and oxygen atoms in total. The zero-order valence-corrected chi connectivity index (χ0v) is 13.4. The molecule has 0 radical (unpaired) electrons. The number of likely N-dealkylation sites (tertiary alicyclic amines) is 1. The van der Waals surface area contributed by atoms with Gasteiger partial charge in [0.15, 0.2) is 0 Å². The molecule has 1 amide bonds. The molecule has 2 atom stereocenters. The standard InChI is InChI=1S/C16H20F2N2OS/c1-22-10-11-5-7-19(9-11)14-6-8-20(16(14)21)15-12(17)3-2-4-13(15)18/h2-4,11,14H,5-10H2,1H3/t11-,14+/m1/s1. The summed E-state index contributed by atoms with van der Waals surface area (Å²) in [5, 5.41) is 0. The Bertz CT molecular complexity index is 549. The van der Waals surface area contributed by atoms with E-state index in [1.165, 1.54) is 23.1 Å². The average Bonchev–Trinajstić information content (AvgIpc) is 3.07. The van der Waals surface area contributed by atoms with Gasteiger partial charge in [-0.25, -0.2) is 8.78 Å². The van der Waals surface area contributed by atoms with Crippen molar-refractivity contribution in [3.8, 4) is 0 Å². The number of thioether (sulfide) groups is 1. The third kappa shape index (κ3) is 2.86. The van der Waals surface area contributed by atoms with Crippen LogP contribution in [0.2, 0.25) is 0 Å². The SMILES string of the molecule is CSC[C@@H]1CCN([C@H]2CCN(c3c(F)cccc3F)C2=O)C1. The highest BCUT2D eigenvalue weighted by Gasteiger charge is 2.40. The van der Waals surface area contributed by atoms with Crippen LogP contribution in [0.1, 0.15) is 12.8 Å². The van der Waals surface area contributed by atoms with E-state index in [1.807, 2.05) is 11.8 Å². The number of anilines is 1. The highest BCUT2D eigenvalue weighted by atomic mass is 32.2. The first-order valence-corrected chi connectivity index (χ1v) is 8.99. The van der Waals surface area contributed by atoms with Gasteiger partial charge in [-0.1, -0.05) is 6.07 Å². The molecule has 0 bridgehead atoms. The monoisotopic (exact) mass is 326 g/mol. The van der Waals surface area contributed by atoms with Gasteiger partial charge in [0.05, 0.1) is 6.04 Å². The van der Waals surface area contributed by atoms with E-state index in [0.717, 1.165) is 25.3 Å². The molecule has 2 saturated heterocycles. The van der Waals surface area contributed by atoms with Crippen LogP contribution in [0.25, 0.3) is 0 Å². The molecule has 120 valence electrons. The molecular formula is C16H20F2N2OS. The largest absolute Gasteiger partial charge is 0.306 e. The Balaban J connectivity index is 1.73. The molecule has 2 aliphatic heterocycles. The van der Waals surface area contributed by atoms with Gasteiger partial charge in [-0.05, 0) is 49.4 Å². The van der Waals surface area contributed by atoms with Crippen molar-refractivity contribution in [3.63, 3.8) is 0 Å². The van der Waals surface area contributed by atoms with E-state index >= 15 is 0 Å². The summed E-state index contributed by atoms with van der Waals surface area (Å²) in [5.41, 5.74) is -0.199. The number of hydrogen-bond donors (Lipinski definition) is 0. The topological polar surface area (TPSA) is 23.6 Å². The normalized spacial score (nSPS) is 26.1. The minimum atomic E-state index is -0.671. The van der Waals surface area contributed by atoms with Crippen molar-refractivity contribution in [2.24, 2.45) is 5.92 Å². The van der Waals surface area contributed by atoms with Gasteiger partial charge in [-0.2, -0.15) is 11.8 Å². The first-order valence-electron chi connectivity index (χ1n) is 7.60. The van der Waals surface area contributed by atoms with E-state index in [1.54, 1.807) is 0 Å². The van der Waals surface area contributed by atoms with Gasteiger partial charge in [0, 0.05) is 13.1 Å². The summed E-state index contributed by atoms with van der Waals surface area (Å²) >= 11 is 1.82. The Morgan fingerprint density at radius 1 is 1.23 bits per heavy atom. The summed E-state index contributed by atoms with van der Waals surface area (Å²) in [6.07, 6.45) is 3.82. The van der Waals surface area contributed by atoms with Crippen LogP contribution in [0, 0.1) is 17.6 Å². The molecule has 2 heterocycles. The fourth-order valence-corrected chi connectivity index (χ4v) is 4.23. The highest BCUT2D eigenvalue weighted by molar-refractivity contribution is 7.98. The second kappa shape index (κ2) is 6.54. The second-order valence-electron chi connectivity index (χ2n) is 5.97. The lowest BCUT2D eigenvalue weighted by Gasteiger charge is -2.23. The quantitative estimate of drug-likeness (QED) is 0.850. The number of rotatable bonds is 4. The maximum absolute atomic E-state index is 13.9. The minimum absolute atomic E-state index is 0.172. The maximum Gasteiger partial charge on any atom is 0.244 e. The number of carbonyl (C=O) groups is 1. The predicted octanol–water partition coefficient (Wildman–Crippen LogP) is 2.76. The zero-order valence-electron chi connectivity index (χ0n) is 12.6. The molecule has 0 unspecified atom stereocenters. The van der Waals surface area contributed by atoms with Gasteiger partial charge in [-0.15, -0.1) is 0 Å². The molecule has 1 aromatic carbocycles. The predicted molar refractivity (Wildman–Crippen MR) is 85.2 cm³/mol. The van der Waals surface area contributed by atoms with E-state index in [9.17, 15) is 13.6 Å². The van der Waals surface area contributed by atoms with Crippen LogP contribution < -0.4 is 4.90 Å². The summed E-state index contributed by atoms with van der Waals surface area (Å²) in [7, 11) is 0. The van der Waals surface area contributed by atoms with Crippen molar-refractivity contribution < 1.29 is 13.6 Å². The molecule has 3 rings (SSSR count). The fourth-order valence-electron chi connectivity index (χ4n) is 3.49. The van der Waals surface area contributed by atoms with Gasteiger partial charge >= 0.3 is 0 Å². The highest BCUT2D eigenvalue weighted by Crippen LogP contribution is 2.31. The number of benzene rings is 1. The van der Waals surface area contributed by atoms with E-state index in [0.29, 0.717) is 18.9 Å². The van der Waals surface area contributed by atoms with Gasteiger partial charge in [0.2, 0.25) is 5.91 Å². The van der Waals surface area contributed by atoms with E-state index in [-0.39, 0.29) is 17.6 Å². The first kappa shape index (κ1) is 15.7. The number of carbonyl (C=O) groups excluding carboxylic acids is 1. The van der Waals surface area contributed by atoms with Crippen molar-refractivity contribution in [3.05, 3.63) is 29.8 Å². The van der Waals surface area contributed by atoms with Gasteiger partial charge < -0.3 is 4.90 Å². The summed E-state index contributed by atoms with van der Waals surface area (Å²) in [6, 6.07) is 3.48. The van der Waals surface area contributed by atoms with Crippen LogP contribution in [-0.2, 0) is 4.79 Å². The minimum Gasteiger partial charge on any atom is -0.306 e. The van der Waals surface area contributed by atoms with Crippen LogP contribution in [0.15, 0.2) is 18.2 Å². The van der Waals surface area contributed by atoms with E-state index in [4.69, 9.17) is 0 Å². The zero-order chi connectivity index (χ0) is 15.7. The lowest BCUT2D eigenvalue weighted by molar-refractivity contribution is -0.121. The van der Waals surface area contributed by atoms with Crippen LogP contribution in [-0.4, -0.2) is 48.5 Å².